The lowest BCUT2D eigenvalue weighted by atomic mass is 10.0. The van der Waals surface area contributed by atoms with E-state index in [0.717, 1.165) is 16.3 Å². The molecule has 10 nitrogen and oxygen atoms in total. The lowest BCUT2D eigenvalue weighted by molar-refractivity contribution is -0.129. The second kappa shape index (κ2) is 10.6. The van der Waals surface area contributed by atoms with Crippen LogP contribution in [0.2, 0.25) is 0 Å². The van der Waals surface area contributed by atoms with E-state index in [2.05, 4.69) is 15.0 Å². The van der Waals surface area contributed by atoms with Crippen molar-refractivity contribution >= 4 is 38.6 Å². The summed E-state index contributed by atoms with van der Waals surface area (Å²) in [6.45, 7) is 0.225. The van der Waals surface area contributed by atoms with Crippen LogP contribution in [0.4, 0.5) is 0 Å². The summed E-state index contributed by atoms with van der Waals surface area (Å²) in [7, 11) is -4.09. The Balaban J connectivity index is 1.59. The molecule has 1 unspecified atom stereocenters. The van der Waals surface area contributed by atoms with Crippen LogP contribution in [0.1, 0.15) is 18.4 Å². The van der Waals surface area contributed by atoms with E-state index in [4.69, 9.17) is 17.2 Å². The third-order valence-corrected chi connectivity index (χ3v) is 8.07. The smallest absolute Gasteiger partial charge is 0.242 e. The standard InChI is InChI=1S/C26H30N6O4S/c27-23(33)22(14-17-6-2-1-3-7-17)31-24(34)26(16-20(26)12-13-30-25(28)29)32-37(35,36)21-11-10-18-8-4-5-9-19(18)15-21/h1-11,15,20,22,32H,12-14,16H2,(H2,27,33)(H,31,34)(H4,28,29,30)/t20-,22+,26?/m1/s1. The van der Waals surface area contributed by atoms with Gasteiger partial charge in [-0.3, -0.25) is 14.6 Å². The quantitative estimate of drug-likeness (QED) is 0.183. The molecule has 8 N–H and O–H groups in total. The van der Waals surface area contributed by atoms with Gasteiger partial charge in [0.05, 0.1) is 4.90 Å². The van der Waals surface area contributed by atoms with Gasteiger partial charge in [-0.05, 0) is 47.2 Å². The van der Waals surface area contributed by atoms with Gasteiger partial charge in [-0.15, -0.1) is 0 Å². The number of carbonyl (C=O) groups is 2. The van der Waals surface area contributed by atoms with Crippen molar-refractivity contribution in [2.75, 3.05) is 6.54 Å². The zero-order valence-corrected chi connectivity index (χ0v) is 20.9. The van der Waals surface area contributed by atoms with Crippen LogP contribution >= 0.6 is 0 Å². The van der Waals surface area contributed by atoms with E-state index in [-0.39, 0.29) is 36.2 Å². The minimum Gasteiger partial charge on any atom is -0.370 e. The summed E-state index contributed by atoms with van der Waals surface area (Å²) in [5.74, 6) is -1.81. The molecule has 1 fully saturated rings. The van der Waals surface area contributed by atoms with Gasteiger partial charge < -0.3 is 22.5 Å². The third kappa shape index (κ3) is 6.07. The Kier molecular flexibility index (Phi) is 7.46. The van der Waals surface area contributed by atoms with Gasteiger partial charge in [-0.25, -0.2) is 8.42 Å². The van der Waals surface area contributed by atoms with Crippen molar-refractivity contribution in [3.05, 3.63) is 78.4 Å². The van der Waals surface area contributed by atoms with E-state index in [1.165, 1.54) is 6.07 Å². The van der Waals surface area contributed by atoms with Crippen LogP contribution in [0.5, 0.6) is 0 Å². The molecule has 1 aliphatic rings. The molecule has 11 heteroatoms. The van der Waals surface area contributed by atoms with Gasteiger partial charge in [0.1, 0.15) is 11.6 Å². The topological polar surface area (TPSA) is 183 Å². The van der Waals surface area contributed by atoms with Gasteiger partial charge in [0, 0.05) is 13.0 Å². The maximum absolute atomic E-state index is 13.5. The molecular formula is C26H30N6O4S. The number of guanidine groups is 1. The predicted octanol–water partition coefficient (Wildman–Crippen LogP) is 0.753. The summed E-state index contributed by atoms with van der Waals surface area (Å²) in [5, 5.41) is 4.32. The minimum absolute atomic E-state index is 0.0315. The second-order valence-corrected chi connectivity index (χ2v) is 10.9. The molecule has 0 radical (unpaired) electrons. The van der Waals surface area contributed by atoms with E-state index >= 15 is 0 Å². The Morgan fingerprint density at radius 1 is 0.973 bits per heavy atom. The van der Waals surface area contributed by atoms with Gasteiger partial charge >= 0.3 is 0 Å². The number of carbonyl (C=O) groups excluding carboxylic acids is 2. The first-order valence-corrected chi connectivity index (χ1v) is 13.3. The Labute approximate surface area is 215 Å². The number of sulfonamides is 1. The average molecular weight is 523 g/mol. The van der Waals surface area contributed by atoms with Crippen LogP contribution in [0.3, 0.4) is 0 Å². The van der Waals surface area contributed by atoms with E-state index in [1.807, 2.05) is 54.6 Å². The van der Waals surface area contributed by atoms with Crippen molar-refractivity contribution in [1.29, 1.82) is 0 Å². The van der Waals surface area contributed by atoms with E-state index in [0.29, 0.717) is 6.42 Å². The SMILES string of the molecule is NC(=O)[C@H](Cc1ccccc1)NC(=O)C1(NS(=O)(=O)c2ccc3ccccc3c2)C[C@H]1CCN=C(N)N. The predicted molar refractivity (Wildman–Crippen MR) is 142 cm³/mol. The summed E-state index contributed by atoms with van der Waals surface area (Å²) in [5.41, 5.74) is 15.7. The van der Waals surface area contributed by atoms with Crippen LogP contribution < -0.4 is 27.2 Å². The van der Waals surface area contributed by atoms with E-state index in [9.17, 15) is 18.0 Å². The molecule has 2 amide bonds. The number of benzene rings is 3. The number of amides is 2. The maximum atomic E-state index is 13.5. The van der Waals surface area contributed by atoms with Crippen molar-refractivity contribution in [2.24, 2.45) is 28.1 Å². The first-order valence-electron chi connectivity index (χ1n) is 11.8. The molecule has 0 heterocycles. The van der Waals surface area contributed by atoms with Crippen LogP contribution in [-0.4, -0.2) is 44.3 Å². The molecule has 0 saturated heterocycles. The van der Waals surface area contributed by atoms with E-state index < -0.39 is 33.4 Å². The van der Waals surface area contributed by atoms with Gasteiger partial charge in [0.2, 0.25) is 21.8 Å². The molecule has 3 aromatic carbocycles. The molecular weight excluding hydrogens is 492 g/mol. The second-order valence-electron chi connectivity index (χ2n) is 9.20. The van der Waals surface area contributed by atoms with Crippen LogP contribution in [0.15, 0.2) is 82.7 Å². The molecule has 3 aromatic rings. The summed E-state index contributed by atoms with van der Waals surface area (Å²) in [4.78, 5) is 29.7. The number of hydrogen-bond donors (Lipinski definition) is 5. The molecule has 1 saturated carbocycles. The first kappa shape index (κ1) is 26.1. The Bertz CT molecular complexity index is 1440. The number of nitrogens with two attached hydrogens (primary N) is 3. The first-order chi connectivity index (χ1) is 17.6. The highest BCUT2D eigenvalue weighted by atomic mass is 32.2. The van der Waals surface area contributed by atoms with Crippen molar-refractivity contribution in [1.82, 2.24) is 10.0 Å². The van der Waals surface area contributed by atoms with Gasteiger partial charge in [0.25, 0.3) is 0 Å². The monoisotopic (exact) mass is 522 g/mol. The Morgan fingerprint density at radius 2 is 1.65 bits per heavy atom. The van der Waals surface area contributed by atoms with Gasteiger partial charge in [-0.1, -0.05) is 60.7 Å². The molecule has 0 aromatic heterocycles. The number of aliphatic imine (C=N–C) groups is 1. The molecule has 0 bridgehead atoms. The van der Waals surface area contributed by atoms with Crippen molar-refractivity contribution in [3.63, 3.8) is 0 Å². The number of fused-ring (bicyclic) bond motifs is 1. The van der Waals surface area contributed by atoms with Gasteiger partial charge in [-0.2, -0.15) is 4.72 Å². The Hall–Kier alpha value is -3.96. The van der Waals surface area contributed by atoms with Crippen LogP contribution in [-0.2, 0) is 26.0 Å². The molecule has 194 valence electrons. The van der Waals surface area contributed by atoms with Crippen molar-refractivity contribution in [3.8, 4) is 0 Å². The molecule has 1 aliphatic carbocycles. The molecule has 0 aliphatic heterocycles. The number of rotatable bonds is 11. The zero-order chi connectivity index (χ0) is 26.6. The number of hydrogen-bond acceptors (Lipinski definition) is 5. The summed E-state index contributed by atoms with van der Waals surface area (Å²) < 4.78 is 29.5. The number of nitrogens with one attached hydrogen (secondary N) is 2. The number of nitrogens with zero attached hydrogens (tertiary/aromatic N) is 1. The highest BCUT2D eigenvalue weighted by Crippen LogP contribution is 2.47. The van der Waals surface area contributed by atoms with Crippen molar-refractivity contribution < 1.29 is 18.0 Å². The van der Waals surface area contributed by atoms with Crippen LogP contribution in [0, 0.1) is 5.92 Å². The summed E-state index contributed by atoms with van der Waals surface area (Å²) in [6.07, 6.45) is 0.766. The fraction of sp³-hybridized carbons (Fsp3) is 0.269. The molecule has 37 heavy (non-hydrogen) atoms. The summed E-state index contributed by atoms with van der Waals surface area (Å²) >= 11 is 0. The fourth-order valence-corrected chi connectivity index (χ4v) is 5.94. The third-order valence-electron chi connectivity index (χ3n) is 6.56. The normalized spacial score (nSPS) is 19.6. The lowest BCUT2D eigenvalue weighted by Crippen LogP contribution is -2.56. The van der Waals surface area contributed by atoms with Crippen molar-refractivity contribution in [2.45, 2.75) is 35.7 Å². The highest BCUT2D eigenvalue weighted by molar-refractivity contribution is 7.89. The van der Waals surface area contributed by atoms with E-state index in [1.54, 1.807) is 12.1 Å². The fourth-order valence-electron chi connectivity index (χ4n) is 4.47. The highest BCUT2D eigenvalue weighted by Gasteiger charge is 2.62. The maximum Gasteiger partial charge on any atom is 0.242 e. The lowest BCUT2D eigenvalue weighted by Gasteiger charge is -2.23. The molecule has 3 atom stereocenters. The molecule has 4 rings (SSSR count). The summed E-state index contributed by atoms with van der Waals surface area (Å²) in [6, 6.07) is 20.2. The van der Waals surface area contributed by atoms with Crippen LogP contribution in [0.25, 0.3) is 10.8 Å². The zero-order valence-electron chi connectivity index (χ0n) is 20.1. The molecule has 0 spiro atoms. The largest absolute Gasteiger partial charge is 0.370 e. The van der Waals surface area contributed by atoms with Gasteiger partial charge in [0.15, 0.2) is 5.96 Å². The number of primary amides is 1. The minimum atomic E-state index is -4.09. The average Bonchev–Trinajstić information content (AvgIpc) is 3.56. The Morgan fingerprint density at radius 3 is 2.32 bits per heavy atom.